The highest BCUT2D eigenvalue weighted by atomic mass is 35.5. The lowest BCUT2D eigenvalue weighted by Crippen LogP contribution is -2.23. The molecule has 1 aliphatic rings. The molecule has 3 rings (SSSR count). The molecule has 0 atom stereocenters. The van der Waals surface area contributed by atoms with E-state index in [1.807, 2.05) is 24.3 Å². The number of nitrogens with zero attached hydrogens (tertiary/aromatic N) is 1. The maximum absolute atomic E-state index is 12.0. The number of carbonyl (C=O) groups excluding carboxylic acids is 1. The van der Waals surface area contributed by atoms with E-state index in [1.54, 1.807) is 12.1 Å². The lowest BCUT2D eigenvalue weighted by Gasteiger charge is -2.17. The van der Waals surface area contributed by atoms with Crippen LogP contribution < -0.4 is 5.43 Å². The summed E-state index contributed by atoms with van der Waals surface area (Å²) in [6, 6.07) is 15.5. The van der Waals surface area contributed by atoms with E-state index < -0.39 is 0 Å². The molecule has 2 aromatic carbocycles. The Kier molecular flexibility index (Phi) is 4.54. The highest BCUT2D eigenvalue weighted by Gasteiger charge is 2.15. The third kappa shape index (κ3) is 3.55. The average Bonchev–Trinajstić information content (AvgIpc) is 2.55. The fourth-order valence-corrected chi connectivity index (χ4v) is 2.80. The Bertz CT molecular complexity index is 707. The van der Waals surface area contributed by atoms with Gasteiger partial charge in [0.1, 0.15) is 0 Å². The molecule has 0 aromatic heterocycles. The second kappa shape index (κ2) is 6.75. The normalized spacial score (nSPS) is 15.4. The summed E-state index contributed by atoms with van der Waals surface area (Å²) in [5.41, 5.74) is 7.02. The Morgan fingerprint density at radius 3 is 2.68 bits per heavy atom. The molecule has 0 saturated heterocycles. The van der Waals surface area contributed by atoms with E-state index in [9.17, 15) is 4.79 Å². The van der Waals surface area contributed by atoms with E-state index in [2.05, 4.69) is 22.7 Å². The molecule has 22 heavy (non-hydrogen) atoms. The van der Waals surface area contributed by atoms with Gasteiger partial charge in [0.15, 0.2) is 0 Å². The summed E-state index contributed by atoms with van der Waals surface area (Å²) in [4.78, 5) is 12.0. The number of rotatable bonds is 3. The third-order valence-corrected chi connectivity index (χ3v) is 4.03. The fraction of sp³-hybridized carbons (Fsp3) is 0.222. The molecule has 1 amide bonds. The molecule has 0 aliphatic heterocycles. The molecule has 4 heteroatoms. The maximum Gasteiger partial charge on any atom is 0.244 e. The summed E-state index contributed by atoms with van der Waals surface area (Å²) < 4.78 is 0. The molecule has 112 valence electrons. The van der Waals surface area contributed by atoms with E-state index in [0.717, 1.165) is 36.1 Å². The number of amides is 1. The molecule has 0 bridgehead atoms. The van der Waals surface area contributed by atoms with Crippen LogP contribution in [0, 0.1) is 0 Å². The Labute approximate surface area is 135 Å². The molecule has 0 saturated carbocycles. The van der Waals surface area contributed by atoms with Crippen LogP contribution in [-0.2, 0) is 17.6 Å². The van der Waals surface area contributed by atoms with Crippen molar-refractivity contribution in [2.75, 3.05) is 0 Å². The zero-order valence-corrected chi connectivity index (χ0v) is 12.9. The Morgan fingerprint density at radius 2 is 1.86 bits per heavy atom. The van der Waals surface area contributed by atoms with Crippen molar-refractivity contribution in [2.24, 2.45) is 5.10 Å². The molecule has 1 N–H and O–H groups in total. The van der Waals surface area contributed by atoms with Crippen LogP contribution in [0.5, 0.6) is 0 Å². The minimum Gasteiger partial charge on any atom is -0.273 e. The van der Waals surface area contributed by atoms with Crippen LogP contribution >= 0.6 is 11.6 Å². The molecular weight excluding hydrogens is 296 g/mol. The number of nitrogens with one attached hydrogen (secondary N) is 1. The molecule has 0 fully saturated rings. The molecule has 3 nitrogen and oxygen atoms in total. The molecule has 0 radical (unpaired) electrons. The van der Waals surface area contributed by atoms with Crippen molar-refractivity contribution < 1.29 is 4.79 Å². The molecule has 0 heterocycles. The second-order valence-electron chi connectivity index (χ2n) is 5.41. The van der Waals surface area contributed by atoms with Gasteiger partial charge in [-0.25, -0.2) is 5.43 Å². The van der Waals surface area contributed by atoms with Gasteiger partial charge in [-0.05, 0) is 42.5 Å². The standard InChI is InChI=1S/C18H17ClN2O/c19-15-10-8-13(9-11-15)12-18(22)21-20-17-7-3-5-14-4-1-2-6-16(14)17/h1-2,4,6,8-11H,3,5,7,12H2,(H,21,22). The minimum absolute atomic E-state index is 0.113. The molecule has 1 aliphatic carbocycles. The van der Waals surface area contributed by atoms with Gasteiger partial charge >= 0.3 is 0 Å². The topological polar surface area (TPSA) is 41.5 Å². The van der Waals surface area contributed by atoms with Gasteiger partial charge in [-0.2, -0.15) is 5.10 Å². The quantitative estimate of drug-likeness (QED) is 0.862. The van der Waals surface area contributed by atoms with Crippen molar-refractivity contribution in [1.82, 2.24) is 5.43 Å². The summed E-state index contributed by atoms with van der Waals surface area (Å²) in [6.45, 7) is 0. The van der Waals surface area contributed by atoms with Gasteiger partial charge in [-0.15, -0.1) is 0 Å². The van der Waals surface area contributed by atoms with Gasteiger partial charge in [-0.3, -0.25) is 4.79 Å². The van der Waals surface area contributed by atoms with Crippen molar-refractivity contribution in [3.05, 3.63) is 70.2 Å². The summed E-state index contributed by atoms with van der Waals surface area (Å²) in [6.07, 6.45) is 3.35. The highest BCUT2D eigenvalue weighted by molar-refractivity contribution is 6.30. The largest absolute Gasteiger partial charge is 0.273 e. The van der Waals surface area contributed by atoms with Crippen LogP contribution in [0.1, 0.15) is 29.5 Å². The van der Waals surface area contributed by atoms with Crippen LogP contribution in [-0.4, -0.2) is 11.6 Å². The third-order valence-electron chi connectivity index (χ3n) is 3.78. The zero-order valence-electron chi connectivity index (χ0n) is 12.2. The predicted octanol–water partition coefficient (Wildman–Crippen LogP) is 3.74. The van der Waals surface area contributed by atoms with E-state index in [1.165, 1.54) is 5.56 Å². The smallest absolute Gasteiger partial charge is 0.244 e. The number of hydrazone groups is 1. The van der Waals surface area contributed by atoms with Crippen molar-refractivity contribution in [1.29, 1.82) is 0 Å². The van der Waals surface area contributed by atoms with E-state index in [0.29, 0.717) is 11.4 Å². The first-order valence-corrected chi connectivity index (χ1v) is 7.78. The number of halogens is 1. The molecule has 0 unspecified atom stereocenters. The Hall–Kier alpha value is -2.13. The Balaban J connectivity index is 1.67. The lowest BCUT2D eigenvalue weighted by atomic mass is 9.90. The summed E-state index contributed by atoms with van der Waals surface area (Å²) >= 11 is 5.84. The second-order valence-corrected chi connectivity index (χ2v) is 5.84. The van der Waals surface area contributed by atoms with Crippen molar-refractivity contribution >= 4 is 23.2 Å². The van der Waals surface area contributed by atoms with E-state index in [-0.39, 0.29) is 5.91 Å². The molecular formula is C18H17ClN2O. The van der Waals surface area contributed by atoms with E-state index in [4.69, 9.17) is 11.6 Å². The van der Waals surface area contributed by atoms with Gasteiger partial charge in [0.05, 0.1) is 12.1 Å². The van der Waals surface area contributed by atoms with Gasteiger partial charge in [0.25, 0.3) is 0 Å². The number of aryl methyl sites for hydroxylation is 1. The van der Waals surface area contributed by atoms with Crippen LogP contribution in [0.2, 0.25) is 5.02 Å². The number of hydrogen-bond donors (Lipinski definition) is 1. The van der Waals surface area contributed by atoms with Crippen molar-refractivity contribution in [2.45, 2.75) is 25.7 Å². The first-order valence-electron chi connectivity index (χ1n) is 7.40. The maximum atomic E-state index is 12.0. The van der Waals surface area contributed by atoms with Gasteiger partial charge in [0.2, 0.25) is 5.91 Å². The van der Waals surface area contributed by atoms with Crippen molar-refractivity contribution in [3.8, 4) is 0 Å². The van der Waals surface area contributed by atoms with Crippen LogP contribution in [0.15, 0.2) is 53.6 Å². The fourth-order valence-electron chi connectivity index (χ4n) is 2.67. The van der Waals surface area contributed by atoms with Crippen LogP contribution in [0.3, 0.4) is 0 Å². The lowest BCUT2D eigenvalue weighted by molar-refractivity contribution is -0.120. The summed E-state index contributed by atoms with van der Waals surface area (Å²) in [7, 11) is 0. The van der Waals surface area contributed by atoms with Gasteiger partial charge in [-0.1, -0.05) is 48.0 Å². The monoisotopic (exact) mass is 312 g/mol. The van der Waals surface area contributed by atoms with Gasteiger partial charge in [0, 0.05) is 10.6 Å². The molecule has 0 spiro atoms. The first kappa shape index (κ1) is 14.8. The summed E-state index contributed by atoms with van der Waals surface area (Å²) in [5.74, 6) is -0.113. The number of benzene rings is 2. The first-order chi connectivity index (χ1) is 10.7. The Morgan fingerprint density at radius 1 is 1.09 bits per heavy atom. The van der Waals surface area contributed by atoms with Crippen LogP contribution in [0.4, 0.5) is 0 Å². The van der Waals surface area contributed by atoms with Gasteiger partial charge < -0.3 is 0 Å². The number of hydrogen-bond acceptors (Lipinski definition) is 2. The number of fused-ring (bicyclic) bond motifs is 1. The molecule has 2 aromatic rings. The predicted molar refractivity (Wildman–Crippen MR) is 89.2 cm³/mol. The summed E-state index contributed by atoms with van der Waals surface area (Å²) in [5, 5.41) is 5.00. The average molecular weight is 313 g/mol. The van der Waals surface area contributed by atoms with Crippen molar-refractivity contribution in [3.63, 3.8) is 0 Å². The van der Waals surface area contributed by atoms with E-state index >= 15 is 0 Å². The van der Waals surface area contributed by atoms with Crippen LogP contribution in [0.25, 0.3) is 0 Å². The SMILES string of the molecule is O=C(Cc1ccc(Cl)cc1)NN=C1CCCc2ccccc21. The minimum atomic E-state index is -0.113. The number of carbonyl (C=O) groups is 1. The highest BCUT2D eigenvalue weighted by Crippen LogP contribution is 2.21. The zero-order chi connectivity index (χ0) is 15.4.